The SMILES string of the molecule is C=C(/N=C1/CC[S+]([O-])/C1=C(/N)NC1CCOCC1)N1CCC2(CC1)OCc1ccccc12. The molecule has 1 unspecified atom stereocenters. The highest BCUT2D eigenvalue weighted by Gasteiger charge is 2.43. The van der Waals surface area contributed by atoms with Gasteiger partial charge in [0.2, 0.25) is 4.91 Å². The molecule has 32 heavy (non-hydrogen) atoms. The van der Waals surface area contributed by atoms with Gasteiger partial charge in [-0.25, -0.2) is 4.99 Å². The van der Waals surface area contributed by atoms with Crippen molar-refractivity contribution in [2.24, 2.45) is 10.7 Å². The van der Waals surface area contributed by atoms with E-state index in [0.29, 0.717) is 29.5 Å². The molecular formula is C24H32N4O3S. The zero-order chi connectivity index (χ0) is 22.1. The number of nitrogens with two attached hydrogens (primary N) is 1. The maximum absolute atomic E-state index is 12.7. The van der Waals surface area contributed by atoms with Crippen molar-refractivity contribution in [2.75, 3.05) is 32.1 Å². The molecule has 1 aromatic rings. The number of fused-ring (bicyclic) bond motifs is 2. The van der Waals surface area contributed by atoms with Crippen LogP contribution in [0.4, 0.5) is 0 Å². The molecule has 3 N–H and O–H groups in total. The third-order valence-corrected chi connectivity index (χ3v) is 8.54. The number of hydrogen-bond donors (Lipinski definition) is 2. The summed E-state index contributed by atoms with van der Waals surface area (Å²) < 4.78 is 24.4. The van der Waals surface area contributed by atoms with E-state index in [1.807, 2.05) is 0 Å². The highest BCUT2D eigenvalue weighted by atomic mass is 32.2. The minimum absolute atomic E-state index is 0.182. The second kappa shape index (κ2) is 9.09. The molecule has 0 radical (unpaired) electrons. The van der Waals surface area contributed by atoms with Crippen molar-refractivity contribution in [2.45, 2.75) is 50.4 Å². The van der Waals surface area contributed by atoms with Crippen molar-refractivity contribution in [3.05, 3.63) is 58.5 Å². The van der Waals surface area contributed by atoms with Crippen LogP contribution in [0.15, 0.2) is 52.4 Å². The van der Waals surface area contributed by atoms with Gasteiger partial charge in [-0.2, -0.15) is 0 Å². The van der Waals surface area contributed by atoms with Gasteiger partial charge in [-0.1, -0.05) is 30.8 Å². The van der Waals surface area contributed by atoms with Crippen molar-refractivity contribution in [3.8, 4) is 0 Å². The van der Waals surface area contributed by atoms with Crippen LogP contribution in [0.1, 0.15) is 43.2 Å². The Morgan fingerprint density at radius 3 is 2.78 bits per heavy atom. The highest BCUT2D eigenvalue weighted by Crippen LogP contribution is 2.44. The second-order valence-corrected chi connectivity index (χ2v) is 10.5. The van der Waals surface area contributed by atoms with E-state index in [0.717, 1.165) is 63.5 Å². The molecule has 5 rings (SSSR count). The number of nitrogens with zero attached hydrogens (tertiary/aromatic N) is 2. The fourth-order valence-corrected chi connectivity index (χ4v) is 6.50. The number of nitrogens with one attached hydrogen (secondary N) is 1. The van der Waals surface area contributed by atoms with Crippen molar-refractivity contribution >= 4 is 16.9 Å². The van der Waals surface area contributed by atoms with Crippen LogP contribution in [0.2, 0.25) is 0 Å². The van der Waals surface area contributed by atoms with E-state index in [1.165, 1.54) is 11.1 Å². The summed E-state index contributed by atoms with van der Waals surface area (Å²) in [5, 5.41) is 3.36. The van der Waals surface area contributed by atoms with Gasteiger partial charge in [0, 0.05) is 38.8 Å². The van der Waals surface area contributed by atoms with Crippen LogP contribution in [-0.2, 0) is 32.9 Å². The predicted octanol–water partition coefficient (Wildman–Crippen LogP) is 2.47. The Morgan fingerprint density at radius 2 is 2.00 bits per heavy atom. The summed E-state index contributed by atoms with van der Waals surface area (Å²) in [6, 6.07) is 8.79. The molecule has 172 valence electrons. The van der Waals surface area contributed by atoms with Crippen LogP contribution < -0.4 is 11.1 Å². The summed E-state index contributed by atoms with van der Waals surface area (Å²) in [7, 11) is 0. The summed E-state index contributed by atoms with van der Waals surface area (Å²) in [6.07, 6.45) is 4.29. The minimum atomic E-state index is -1.13. The Balaban J connectivity index is 1.26. The molecule has 8 heteroatoms. The number of piperidine rings is 1. The van der Waals surface area contributed by atoms with Crippen molar-refractivity contribution in [1.29, 1.82) is 0 Å². The fraction of sp³-hybridized carbons (Fsp3) is 0.542. The molecule has 4 heterocycles. The lowest BCUT2D eigenvalue weighted by atomic mass is 9.84. The third-order valence-electron chi connectivity index (χ3n) is 7.05. The molecule has 0 aromatic heterocycles. The molecule has 4 aliphatic heterocycles. The van der Waals surface area contributed by atoms with Gasteiger partial charge in [-0.05, 0) is 48.0 Å². The van der Waals surface area contributed by atoms with Crippen LogP contribution >= 0.6 is 0 Å². The smallest absolute Gasteiger partial charge is 0.214 e. The van der Waals surface area contributed by atoms with Crippen LogP contribution in [-0.4, -0.2) is 53.3 Å². The van der Waals surface area contributed by atoms with Crippen LogP contribution in [0.3, 0.4) is 0 Å². The first-order chi connectivity index (χ1) is 15.6. The minimum Gasteiger partial charge on any atom is -0.611 e. The first-order valence-corrected chi connectivity index (χ1v) is 12.8. The highest BCUT2D eigenvalue weighted by molar-refractivity contribution is 7.96. The van der Waals surface area contributed by atoms with Crippen molar-refractivity contribution in [3.63, 3.8) is 0 Å². The van der Waals surface area contributed by atoms with Gasteiger partial charge in [-0.15, -0.1) is 0 Å². The van der Waals surface area contributed by atoms with Gasteiger partial charge in [0.1, 0.15) is 17.3 Å². The maximum Gasteiger partial charge on any atom is 0.214 e. The van der Waals surface area contributed by atoms with Crippen molar-refractivity contribution in [1.82, 2.24) is 10.2 Å². The Kier molecular flexibility index (Phi) is 6.20. The Hall–Kier alpha value is -2.00. The summed E-state index contributed by atoms with van der Waals surface area (Å²) in [5.74, 6) is 1.77. The number of benzene rings is 1. The first-order valence-electron chi connectivity index (χ1n) is 11.5. The normalized spacial score (nSPS) is 28.2. The molecule has 0 amide bonds. The molecule has 4 aliphatic rings. The Labute approximate surface area is 192 Å². The van der Waals surface area contributed by atoms with E-state index in [2.05, 4.69) is 41.1 Å². The topological polar surface area (TPSA) is 95.2 Å². The van der Waals surface area contributed by atoms with Gasteiger partial charge in [0.25, 0.3) is 0 Å². The van der Waals surface area contributed by atoms with E-state index < -0.39 is 11.2 Å². The van der Waals surface area contributed by atoms with Gasteiger partial charge < -0.3 is 30.0 Å². The monoisotopic (exact) mass is 456 g/mol. The van der Waals surface area contributed by atoms with E-state index in [4.69, 9.17) is 20.2 Å². The number of aliphatic imine (C=N–C) groups is 1. The van der Waals surface area contributed by atoms with E-state index in [1.54, 1.807) is 0 Å². The first kappa shape index (κ1) is 21.8. The summed E-state index contributed by atoms with van der Waals surface area (Å²) in [5.41, 5.74) is 9.61. The maximum atomic E-state index is 12.7. The lowest BCUT2D eigenvalue weighted by Gasteiger charge is -2.40. The van der Waals surface area contributed by atoms with E-state index in [-0.39, 0.29) is 11.6 Å². The van der Waals surface area contributed by atoms with Crippen molar-refractivity contribution < 1.29 is 14.0 Å². The molecule has 1 aromatic carbocycles. The molecule has 1 spiro atoms. The standard InChI is InChI=1S/C24H32N4O3S/c1-17(28-11-9-24(10-12-28)20-5-3-2-4-18(20)16-31-24)26-21-8-15-32(29)22(21)23(25)27-19-6-13-30-14-7-19/h2-5,19,27H,1,6-16,25H2/b23-22-,26-21-. The van der Waals surface area contributed by atoms with Crippen LogP contribution in [0, 0.1) is 0 Å². The number of rotatable bonds is 4. The summed E-state index contributed by atoms with van der Waals surface area (Å²) in [6.45, 7) is 8.05. The molecule has 1 atom stereocenters. The van der Waals surface area contributed by atoms with Crippen LogP contribution in [0.25, 0.3) is 0 Å². The molecule has 7 nitrogen and oxygen atoms in total. The van der Waals surface area contributed by atoms with E-state index >= 15 is 0 Å². The predicted molar refractivity (Wildman–Crippen MR) is 126 cm³/mol. The van der Waals surface area contributed by atoms with Gasteiger partial charge in [0.15, 0.2) is 5.82 Å². The molecule has 3 saturated heterocycles. The molecule has 0 bridgehead atoms. The summed E-state index contributed by atoms with van der Waals surface area (Å²) in [4.78, 5) is 7.68. The number of ether oxygens (including phenoxy) is 2. The lowest BCUT2D eigenvalue weighted by Crippen LogP contribution is -2.41. The van der Waals surface area contributed by atoms with Crippen LogP contribution in [0.5, 0.6) is 0 Å². The lowest BCUT2D eigenvalue weighted by molar-refractivity contribution is -0.0744. The Bertz CT molecular complexity index is 933. The van der Waals surface area contributed by atoms with E-state index in [9.17, 15) is 4.55 Å². The average Bonchev–Trinajstić information content (AvgIpc) is 3.35. The number of hydrogen-bond acceptors (Lipinski definition) is 7. The molecular weight excluding hydrogens is 424 g/mol. The second-order valence-electron chi connectivity index (χ2n) is 8.98. The van der Waals surface area contributed by atoms with Gasteiger partial charge >= 0.3 is 0 Å². The summed E-state index contributed by atoms with van der Waals surface area (Å²) >= 11 is -1.13. The zero-order valence-electron chi connectivity index (χ0n) is 18.5. The average molecular weight is 457 g/mol. The van der Waals surface area contributed by atoms with Gasteiger partial charge in [-0.3, -0.25) is 0 Å². The fourth-order valence-electron chi connectivity index (χ4n) is 5.20. The quantitative estimate of drug-likeness (QED) is 0.676. The Morgan fingerprint density at radius 1 is 1.25 bits per heavy atom. The molecule has 0 aliphatic carbocycles. The number of likely N-dealkylation sites (tertiary alicyclic amines) is 1. The van der Waals surface area contributed by atoms with Gasteiger partial charge in [0.05, 0.1) is 12.2 Å². The zero-order valence-corrected chi connectivity index (χ0v) is 19.3. The molecule has 0 saturated carbocycles. The third kappa shape index (κ3) is 4.17. The largest absolute Gasteiger partial charge is 0.611 e. The number of allylic oxidation sites excluding steroid dienone is 1. The molecule has 3 fully saturated rings.